The molecule has 28 heavy (non-hydrogen) atoms. The molecular weight excluding hydrogens is 400 g/mol. The van der Waals surface area contributed by atoms with Gasteiger partial charge < -0.3 is 4.74 Å². The summed E-state index contributed by atoms with van der Waals surface area (Å²) in [4.78, 5) is 15.6. The highest BCUT2D eigenvalue weighted by atomic mass is 35.5. The number of nitrogens with one attached hydrogen (secondary N) is 1. The molecular formula is C20H27ClN2O4S. The summed E-state index contributed by atoms with van der Waals surface area (Å²) in [7, 11) is -2.16. The number of ether oxygens (including phenoxy) is 1. The van der Waals surface area contributed by atoms with Gasteiger partial charge in [0.25, 0.3) is 0 Å². The second kappa shape index (κ2) is 12.5. The van der Waals surface area contributed by atoms with Gasteiger partial charge in [-0.2, -0.15) is 0 Å². The molecule has 154 valence electrons. The van der Waals surface area contributed by atoms with E-state index in [1.54, 1.807) is 42.7 Å². The third-order valence-corrected chi connectivity index (χ3v) is 5.83. The van der Waals surface area contributed by atoms with E-state index >= 15 is 0 Å². The second-order valence-corrected chi connectivity index (χ2v) is 8.09. The predicted molar refractivity (Wildman–Crippen MR) is 111 cm³/mol. The first-order chi connectivity index (χ1) is 13.0. The number of hydrogen-bond acceptors (Lipinski definition) is 5. The van der Waals surface area contributed by atoms with Gasteiger partial charge in [-0.1, -0.05) is 37.1 Å². The zero-order valence-electron chi connectivity index (χ0n) is 15.9. The Morgan fingerprint density at radius 3 is 2.50 bits per heavy atom. The lowest BCUT2D eigenvalue weighted by Crippen LogP contribution is -2.28. The number of hydrogen-bond donors (Lipinski definition) is 1. The number of benzene rings is 1. The fourth-order valence-electron chi connectivity index (χ4n) is 2.84. The van der Waals surface area contributed by atoms with Gasteiger partial charge in [0.1, 0.15) is 0 Å². The first kappa shape index (κ1) is 24.1. The second-order valence-electron chi connectivity index (χ2n) is 6.32. The number of carbonyl (C=O) groups excluding carboxylic acids is 1. The molecule has 0 spiro atoms. The number of sulfonamides is 1. The number of unbranched alkanes of at least 4 members (excludes halogenated alkanes) is 2. The minimum absolute atomic E-state index is 0. The normalized spacial score (nSPS) is 12.0. The van der Waals surface area contributed by atoms with Gasteiger partial charge in [0.05, 0.1) is 12.0 Å². The molecule has 0 fully saturated rings. The quantitative estimate of drug-likeness (QED) is 0.437. The van der Waals surface area contributed by atoms with Crippen LogP contribution in [0.15, 0.2) is 59.8 Å². The van der Waals surface area contributed by atoms with E-state index in [9.17, 15) is 13.2 Å². The summed E-state index contributed by atoms with van der Waals surface area (Å²) in [6.45, 7) is 0.305. The first-order valence-corrected chi connectivity index (χ1v) is 10.5. The highest BCUT2D eigenvalue weighted by molar-refractivity contribution is 7.89. The molecule has 2 rings (SSSR count). The smallest absolute Gasteiger partial charge is 0.305 e. The van der Waals surface area contributed by atoms with Crippen molar-refractivity contribution >= 4 is 28.4 Å². The molecule has 0 aliphatic heterocycles. The largest absolute Gasteiger partial charge is 0.469 e. The van der Waals surface area contributed by atoms with E-state index in [2.05, 4.69) is 14.4 Å². The third-order valence-electron chi connectivity index (χ3n) is 4.39. The molecule has 0 radical (unpaired) electrons. The van der Waals surface area contributed by atoms with Crippen LogP contribution in [0.2, 0.25) is 0 Å². The molecule has 1 aromatic heterocycles. The van der Waals surface area contributed by atoms with Crippen LogP contribution in [0.25, 0.3) is 0 Å². The van der Waals surface area contributed by atoms with Gasteiger partial charge in [-0.15, -0.1) is 12.4 Å². The highest BCUT2D eigenvalue weighted by Gasteiger charge is 2.18. The molecule has 0 bridgehead atoms. The van der Waals surface area contributed by atoms with Crippen LogP contribution < -0.4 is 4.72 Å². The van der Waals surface area contributed by atoms with E-state index in [0.29, 0.717) is 13.0 Å². The van der Waals surface area contributed by atoms with Gasteiger partial charge >= 0.3 is 5.97 Å². The number of rotatable bonds is 11. The Balaban J connectivity index is 0.00000392. The topological polar surface area (TPSA) is 85.4 Å². The maximum Gasteiger partial charge on any atom is 0.305 e. The molecule has 1 heterocycles. The van der Waals surface area contributed by atoms with Gasteiger partial charge in [-0.3, -0.25) is 9.78 Å². The van der Waals surface area contributed by atoms with E-state index in [4.69, 9.17) is 0 Å². The van der Waals surface area contributed by atoms with Crippen molar-refractivity contribution in [3.05, 3.63) is 60.4 Å². The zero-order valence-corrected chi connectivity index (χ0v) is 17.5. The lowest BCUT2D eigenvalue weighted by molar-refractivity contribution is -0.140. The highest BCUT2D eigenvalue weighted by Crippen LogP contribution is 2.22. The maximum atomic E-state index is 12.5. The van der Waals surface area contributed by atoms with Crippen LogP contribution in [-0.2, 0) is 19.6 Å². The molecule has 0 saturated heterocycles. The first-order valence-electron chi connectivity index (χ1n) is 9.04. The van der Waals surface area contributed by atoms with Crippen molar-refractivity contribution in [3.8, 4) is 0 Å². The van der Waals surface area contributed by atoms with Crippen molar-refractivity contribution in [2.75, 3.05) is 13.7 Å². The van der Waals surface area contributed by atoms with E-state index in [0.717, 1.165) is 31.2 Å². The van der Waals surface area contributed by atoms with Crippen molar-refractivity contribution in [2.24, 2.45) is 0 Å². The molecule has 1 unspecified atom stereocenters. The summed E-state index contributed by atoms with van der Waals surface area (Å²) < 4.78 is 32.3. The summed E-state index contributed by atoms with van der Waals surface area (Å²) in [5.41, 5.74) is 1.00. The summed E-state index contributed by atoms with van der Waals surface area (Å²) >= 11 is 0. The lowest BCUT2D eigenvalue weighted by Gasteiger charge is -2.18. The Bertz CT molecular complexity index is 801. The molecule has 0 saturated carbocycles. The molecule has 2 aromatic rings. The molecule has 6 nitrogen and oxygen atoms in total. The molecule has 1 N–H and O–H groups in total. The van der Waals surface area contributed by atoms with Crippen LogP contribution in [0.5, 0.6) is 0 Å². The van der Waals surface area contributed by atoms with Crippen molar-refractivity contribution in [2.45, 2.75) is 42.9 Å². The molecule has 8 heteroatoms. The number of carbonyl (C=O) groups is 1. The Morgan fingerprint density at radius 2 is 1.86 bits per heavy atom. The summed E-state index contributed by atoms with van der Waals surface area (Å²) in [5.74, 6) is -0.176. The summed E-state index contributed by atoms with van der Waals surface area (Å²) in [5, 5.41) is 0. The molecule has 1 aromatic carbocycles. The Kier molecular flexibility index (Phi) is 10.7. The van der Waals surface area contributed by atoms with E-state index in [-0.39, 0.29) is 29.2 Å². The van der Waals surface area contributed by atoms with Crippen LogP contribution in [0.4, 0.5) is 0 Å². The van der Waals surface area contributed by atoms with Crippen LogP contribution in [-0.4, -0.2) is 33.0 Å². The van der Waals surface area contributed by atoms with Crippen molar-refractivity contribution in [1.29, 1.82) is 0 Å². The van der Waals surface area contributed by atoms with E-state index in [1.165, 1.54) is 7.11 Å². The number of methoxy groups -OCH3 is 1. The number of halogens is 1. The third kappa shape index (κ3) is 7.96. The summed E-state index contributed by atoms with van der Waals surface area (Å²) in [6.07, 6.45) is 7.24. The van der Waals surface area contributed by atoms with Gasteiger partial charge in [-0.05, 0) is 42.5 Å². The number of pyridine rings is 1. The molecule has 0 amide bonds. The lowest BCUT2D eigenvalue weighted by atomic mass is 9.94. The van der Waals surface area contributed by atoms with Gasteiger partial charge in [0.2, 0.25) is 10.0 Å². The van der Waals surface area contributed by atoms with Gasteiger partial charge in [0.15, 0.2) is 0 Å². The number of esters is 1. The fourth-order valence-corrected chi connectivity index (χ4v) is 3.94. The van der Waals surface area contributed by atoms with Crippen LogP contribution in [0, 0.1) is 0 Å². The average Bonchev–Trinajstić information content (AvgIpc) is 2.71. The minimum Gasteiger partial charge on any atom is -0.469 e. The standard InChI is InChI=1S/C20H26N2O4S.ClH/c1-26-20(23)13-7-2-4-9-18(17-10-8-14-21-15-17)16-22-27(24,25)19-11-5-3-6-12-19;/h3,5-6,8,10-12,14-15,18,22H,2,4,7,9,13,16H2,1H3;1H. The Hall–Kier alpha value is -1.96. The molecule has 0 aliphatic carbocycles. The van der Waals surface area contributed by atoms with E-state index < -0.39 is 10.0 Å². The van der Waals surface area contributed by atoms with Crippen molar-refractivity contribution < 1.29 is 17.9 Å². The Labute approximate surface area is 173 Å². The zero-order chi connectivity index (χ0) is 19.5. The average molecular weight is 427 g/mol. The van der Waals surface area contributed by atoms with Crippen molar-refractivity contribution in [3.63, 3.8) is 0 Å². The molecule has 0 aliphatic rings. The van der Waals surface area contributed by atoms with Crippen LogP contribution in [0.1, 0.15) is 43.6 Å². The van der Waals surface area contributed by atoms with Crippen molar-refractivity contribution in [1.82, 2.24) is 9.71 Å². The number of aromatic nitrogens is 1. The number of nitrogens with zero attached hydrogens (tertiary/aromatic N) is 1. The van der Waals surface area contributed by atoms with Crippen LogP contribution in [0.3, 0.4) is 0 Å². The SMILES string of the molecule is COC(=O)CCCCCC(CNS(=O)(=O)c1ccccc1)c1cccnc1.Cl. The maximum absolute atomic E-state index is 12.5. The molecule has 1 atom stereocenters. The van der Waals surface area contributed by atoms with Crippen LogP contribution >= 0.6 is 12.4 Å². The summed E-state index contributed by atoms with van der Waals surface area (Å²) in [6, 6.07) is 12.2. The van der Waals surface area contributed by atoms with Gasteiger partial charge in [0, 0.05) is 25.4 Å². The van der Waals surface area contributed by atoms with Gasteiger partial charge in [-0.25, -0.2) is 13.1 Å². The predicted octanol–water partition coefficient (Wildman–Crippen LogP) is 3.69. The Morgan fingerprint density at radius 1 is 1.11 bits per heavy atom. The monoisotopic (exact) mass is 426 g/mol. The fraction of sp³-hybridized carbons (Fsp3) is 0.400. The minimum atomic E-state index is -3.54. The van der Waals surface area contributed by atoms with E-state index in [1.807, 2.05) is 12.1 Å².